The predicted octanol–water partition coefficient (Wildman–Crippen LogP) is 3.88. The van der Waals surface area contributed by atoms with Gasteiger partial charge in [0.1, 0.15) is 5.82 Å². The number of aromatic hydroxyl groups is 1. The summed E-state index contributed by atoms with van der Waals surface area (Å²) in [7, 11) is 0. The molecule has 2 aromatic heterocycles. The Labute approximate surface area is 227 Å². The Bertz CT molecular complexity index is 1400. The number of amides is 2. The first-order chi connectivity index (χ1) is 17.9. The van der Waals surface area contributed by atoms with E-state index in [1.807, 2.05) is 12.1 Å². The molecule has 1 fully saturated rings. The maximum absolute atomic E-state index is 13.5. The van der Waals surface area contributed by atoms with Crippen molar-refractivity contribution < 1.29 is 14.7 Å². The summed E-state index contributed by atoms with van der Waals surface area (Å²) in [4.78, 5) is 51.9. The molecule has 2 aliphatic heterocycles. The van der Waals surface area contributed by atoms with Gasteiger partial charge in [0.25, 0.3) is 11.8 Å². The highest BCUT2D eigenvalue weighted by Crippen LogP contribution is 2.36. The van der Waals surface area contributed by atoms with Crippen LogP contribution < -0.4 is 5.56 Å². The first-order valence-corrected chi connectivity index (χ1v) is 13.5. The van der Waals surface area contributed by atoms with Crippen LogP contribution in [0.25, 0.3) is 0 Å². The molecule has 1 unspecified atom stereocenters. The molecule has 9 nitrogen and oxygen atoms in total. The predicted molar refractivity (Wildman–Crippen MR) is 140 cm³/mol. The van der Waals surface area contributed by atoms with E-state index in [0.29, 0.717) is 44.8 Å². The van der Waals surface area contributed by atoms with Gasteiger partial charge in [-0.3, -0.25) is 19.4 Å². The summed E-state index contributed by atoms with van der Waals surface area (Å²) >= 11 is 14.2. The van der Waals surface area contributed by atoms with E-state index in [1.165, 1.54) is 0 Å². The zero-order valence-corrected chi connectivity index (χ0v) is 22.0. The van der Waals surface area contributed by atoms with Crippen LogP contribution in [0, 0.1) is 0 Å². The quantitative estimate of drug-likeness (QED) is 0.456. The highest BCUT2D eigenvalue weighted by molar-refractivity contribution is 7.99. The third kappa shape index (κ3) is 4.93. The molecule has 2 amide bonds. The van der Waals surface area contributed by atoms with Gasteiger partial charge in [-0.25, -0.2) is 0 Å². The SMILES string of the molecule is O=C1c2c(O)c(=O)nc(C3CCCN3C(=O)c3c(Cl)cccc3Cl)n2CCN1CCSc1ccncc1. The van der Waals surface area contributed by atoms with Crippen molar-refractivity contribution in [1.82, 2.24) is 24.3 Å². The van der Waals surface area contributed by atoms with Gasteiger partial charge in [-0.2, -0.15) is 4.98 Å². The summed E-state index contributed by atoms with van der Waals surface area (Å²) in [6.07, 6.45) is 4.64. The molecule has 5 rings (SSSR count). The first-order valence-electron chi connectivity index (χ1n) is 11.8. The number of carbonyl (C=O) groups is 2. The summed E-state index contributed by atoms with van der Waals surface area (Å²) < 4.78 is 1.58. The van der Waals surface area contributed by atoms with Gasteiger partial charge in [0, 0.05) is 49.2 Å². The summed E-state index contributed by atoms with van der Waals surface area (Å²) in [5.74, 6) is -0.560. The van der Waals surface area contributed by atoms with E-state index in [9.17, 15) is 19.5 Å². The third-order valence-electron chi connectivity index (χ3n) is 6.54. The van der Waals surface area contributed by atoms with Crippen LogP contribution in [0.15, 0.2) is 52.4 Å². The molecule has 1 atom stereocenters. The van der Waals surface area contributed by atoms with Crippen LogP contribution in [0.5, 0.6) is 5.75 Å². The molecule has 3 aromatic rings. The average Bonchev–Trinajstić information content (AvgIpc) is 3.37. The zero-order valence-electron chi connectivity index (χ0n) is 19.6. The monoisotopic (exact) mass is 559 g/mol. The molecule has 0 bridgehead atoms. The number of likely N-dealkylation sites (tertiary alicyclic amines) is 1. The minimum Gasteiger partial charge on any atom is -0.501 e. The molecule has 192 valence electrons. The van der Waals surface area contributed by atoms with Crippen molar-refractivity contribution in [1.29, 1.82) is 0 Å². The topological polar surface area (TPSA) is 109 Å². The Morgan fingerprint density at radius 1 is 1.08 bits per heavy atom. The Morgan fingerprint density at radius 2 is 1.81 bits per heavy atom. The van der Waals surface area contributed by atoms with E-state index in [-0.39, 0.29) is 33.0 Å². The fourth-order valence-corrected chi connectivity index (χ4v) is 6.20. The Hall–Kier alpha value is -3.08. The highest BCUT2D eigenvalue weighted by Gasteiger charge is 2.38. The fourth-order valence-electron chi connectivity index (χ4n) is 4.78. The van der Waals surface area contributed by atoms with Crippen LogP contribution >= 0.6 is 35.0 Å². The summed E-state index contributed by atoms with van der Waals surface area (Å²) in [5.41, 5.74) is -0.797. The molecule has 0 spiro atoms. The number of fused-ring (bicyclic) bond motifs is 1. The highest BCUT2D eigenvalue weighted by atomic mass is 35.5. The minimum atomic E-state index is -0.891. The largest absolute Gasteiger partial charge is 0.501 e. The van der Waals surface area contributed by atoms with Gasteiger partial charge in [0.2, 0.25) is 5.75 Å². The number of rotatable bonds is 6. The van der Waals surface area contributed by atoms with Gasteiger partial charge in [0.05, 0.1) is 21.7 Å². The van der Waals surface area contributed by atoms with Crippen molar-refractivity contribution in [2.75, 3.05) is 25.4 Å². The van der Waals surface area contributed by atoms with Crippen LogP contribution in [-0.4, -0.2) is 66.6 Å². The maximum Gasteiger partial charge on any atom is 0.315 e. The molecule has 1 N–H and O–H groups in total. The van der Waals surface area contributed by atoms with E-state index in [4.69, 9.17) is 23.2 Å². The number of aromatic nitrogens is 3. The lowest BCUT2D eigenvalue weighted by Gasteiger charge is -2.34. The number of halogens is 2. The van der Waals surface area contributed by atoms with E-state index >= 15 is 0 Å². The van der Waals surface area contributed by atoms with Crippen molar-refractivity contribution in [2.45, 2.75) is 30.3 Å². The molecule has 0 radical (unpaired) electrons. The van der Waals surface area contributed by atoms with Crippen LogP contribution in [0.3, 0.4) is 0 Å². The number of hydrogen-bond acceptors (Lipinski definition) is 7. The number of hydrogen-bond donors (Lipinski definition) is 1. The third-order valence-corrected chi connectivity index (χ3v) is 8.16. The molecule has 0 aliphatic carbocycles. The molecule has 37 heavy (non-hydrogen) atoms. The molecule has 2 aliphatic rings. The van der Waals surface area contributed by atoms with Crippen LogP contribution in [0.1, 0.15) is 45.6 Å². The molecule has 12 heteroatoms. The smallest absolute Gasteiger partial charge is 0.315 e. The van der Waals surface area contributed by atoms with Crippen molar-refractivity contribution in [3.63, 3.8) is 0 Å². The van der Waals surface area contributed by atoms with Gasteiger partial charge < -0.3 is 19.5 Å². The zero-order chi connectivity index (χ0) is 26.1. The second-order valence-corrected chi connectivity index (χ2v) is 10.7. The standard InChI is InChI=1S/C25H23Cl2N5O4S/c26-16-3-1-4-17(27)19(16)24(35)31-10-2-5-18(31)22-29-23(34)21(33)20-25(36)30(11-12-32(20)22)13-14-37-15-6-8-28-9-7-15/h1,3-4,6-9,18,33H,2,5,10-14H2. The van der Waals surface area contributed by atoms with E-state index in [0.717, 1.165) is 4.90 Å². The maximum atomic E-state index is 13.5. The number of pyridine rings is 1. The van der Waals surface area contributed by atoms with E-state index in [2.05, 4.69) is 9.97 Å². The number of carbonyl (C=O) groups excluding carboxylic acids is 2. The molecule has 4 heterocycles. The van der Waals surface area contributed by atoms with Crippen molar-refractivity contribution in [3.8, 4) is 5.75 Å². The van der Waals surface area contributed by atoms with Gasteiger partial charge in [-0.05, 0) is 37.1 Å². The van der Waals surface area contributed by atoms with Crippen molar-refractivity contribution in [3.05, 3.63) is 80.2 Å². The van der Waals surface area contributed by atoms with Crippen LogP contribution in [0.2, 0.25) is 10.0 Å². The summed E-state index contributed by atoms with van der Waals surface area (Å²) in [6, 6.07) is 8.08. The van der Waals surface area contributed by atoms with Gasteiger partial charge in [-0.15, -0.1) is 11.8 Å². The van der Waals surface area contributed by atoms with E-state index in [1.54, 1.807) is 56.7 Å². The average molecular weight is 560 g/mol. The van der Waals surface area contributed by atoms with Crippen LogP contribution in [-0.2, 0) is 6.54 Å². The second-order valence-electron chi connectivity index (χ2n) is 8.70. The normalized spacial score (nSPS) is 17.2. The Kier molecular flexibility index (Phi) is 7.41. The Balaban J connectivity index is 1.42. The summed E-state index contributed by atoms with van der Waals surface area (Å²) in [6.45, 7) is 1.58. The lowest BCUT2D eigenvalue weighted by Crippen LogP contribution is -2.45. The first kappa shape index (κ1) is 25.6. The van der Waals surface area contributed by atoms with Gasteiger partial charge >= 0.3 is 5.56 Å². The Morgan fingerprint density at radius 3 is 2.54 bits per heavy atom. The van der Waals surface area contributed by atoms with Crippen LogP contribution in [0.4, 0.5) is 0 Å². The fraction of sp³-hybridized carbons (Fsp3) is 0.320. The second kappa shape index (κ2) is 10.7. The lowest BCUT2D eigenvalue weighted by molar-refractivity contribution is 0.0690. The van der Waals surface area contributed by atoms with Gasteiger partial charge in [0.15, 0.2) is 5.69 Å². The molecule has 0 saturated carbocycles. The lowest BCUT2D eigenvalue weighted by atomic mass is 10.1. The van der Waals surface area contributed by atoms with E-state index < -0.39 is 23.3 Å². The number of benzene rings is 1. The molecular weight excluding hydrogens is 537 g/mol. The van der Waals surface area contributed by atoms with Gasteiger partial charge in [-0.1, -0.05) is 29.3 Å². The molecule has 1 saturated heterocycles. The number of thioether (sulfide) groups is 1. The van der Waals surface area contributed by atoms with Crippen molar-refractivity contribution >= 4 is 46.8 Å². The number of nitrogens with zero attached hydrogens (tertiary/aromatic N) is 5. The minimum absolute atomic E-state index is 0.0924. The molecular formula is C25H23Cl2N5O4S. The molecule has 1 aromatic carbocycles. The van der Waals surface area contributed by atoms with Crippen molar-refractivity contribution in [2.24, 2.45) is 0 Å². The summed E-state index contributed by atoms with van der Waals surface area (Å²) in [5, 5.41) is 11.0.